The van der Waals surface area contributed by atoms with Crippen LogP contribution in [-0.2, 0) is 16.6 Å². The van der Waals surface area contributed by atoms with E-state index in [0.29, 0.717) is 16.9 Å². The number of thiazole rings is 1. The molecule has 0 aliphatic carbocycles. The van der Waals surface area contributed by atoms with Crippen LogP contribution in [0, 0.1) is 0 Å². The number of benzene rings is 2. The second-order valence-corrected chi connectivity index (χ2v) is 9.75. The number of fused-ring (bicyclic) bond motifs is 1. The van der Waals surface area contributed by atoms with Gasteiger partial charge in [0.2, 0.25) is 10.0 Å². The van der Waals surface area contributed by atoms with Gasteiger partial charge in [-0.25, -0.2) is 8.42 Å². The molecule has 0 atom stereocenters. The molecule has 2 aromatic carbocycles. The Bertz CT molecular complexity index is 1310. The maximum atomic E-state index is 12.8. The SMILES string of the molecule is C=CCN(CC=C)S(=O)(=O)c1ccc(C(=O)N=c2sc3cc(OC)ccc3n2CC)cc1. The third kappa shape index (κ3) is 4.74. The summed E-state index contributed by atoms with van der Waals surface area (Å²) in [5, 5.41) is 0. The maximum Gasteiger partial charge on any atom is 0.279 e. The first kappa shape index (κ1) is 23.6. The number of hydrogen-bond donors (Lipinski definition) is 0. The molecule has 9 heteroatoms. The van der Waals surface area contributed by atoms with Gasteiger partial charge in [-0.1, -0.05) is 23.5 Å². The highest BCUT2D eigenvalue weighted by atomic mass is 32.2. The van der Waals surface area contributed by atoms with Gasteiger partial charge in [0.25, 0.3) is 5.91 Å². The standard InChI is InChI=1S/C23H25N3O4S2/c1-5-14-25(15-6-2)32(28,29)19-11-8-17(9-12-19)22(27)24-23-26(7-3)20-13-10-18(30-4)16-21(20)31-23/h5-6,8-13,16H,1-2,7,14-15H2,3-4H3. The van der Waals surface area contributed by atoms with E-state index in [-0.39, 0.29) is 18.0 Å². The molecule has 1 heterocycles. The molecule has 3 aromatic rings. The molecule has 0 spiro atoms. The van der Waals surface area contributed by atoms with Crippen molar-refractivity contribution in [2.45, 2.75) is 18.4 Å². The highest BCUT2D eigenvalue weighted by Gasteiger charge is 2.22. The predicted molar refractivity (Wildman–Crippen MR) is 128 cm³/mol. The van der Waals surface area contributed by atoms with Gasteiger partial charge in [0.1, 0.15) is 5.75 Å². The summed E-state index contributed by atoms with van der Waals surface area (Å²) in [6, 6.07) is 11.5. The summed E-state index contributed by atoms with van der Waals surface area (Å²) in [6.07, 6.45) is 3.03. The summed E-state index contributed by atoms with van der Waals surface area (Å²) in [5.74, 6) is 0.294. The molecule has 7 nitrogen and oxygen atoms in total. The minimum absolute atomic E-state index is 0.0929. The zero-order valence-corrected chi connectivity index (χ0v) is 19.7. The summed E-state index contributed by atoms with van der Waals surface area (Å²) in [5.41, 5.74) is 1.27. The van der Waals surface area contributed by atoms with E-state index in [1.54, 1.807) is 7.11 Å². The molecule has 0 saturated carbocycles. The Kier molecular flexibility index (Phi) is 7.44. The van der Waals surface area contributed by atoms with E-state index in [4.69, 9.17) is 4.74 Å². The van der Waals surface area contributed by atoms with Crippen LogP contribution in [0.2, 0.25) is 0 Å². The molecule has 0 saturated heterocycles. The fraction of sp³-hybridized carbons (Fsp3) is 0.217. The molecule has 0 aliphatic heterocycles. The minimum Gasteiger partial charge on any atom is -0.497 e. The van der Waals surface area contributed by atoms with Crippen molar-refractivity contribution in [2.75, 3.05) is 20.2 Å². The first-order valence-electron chi connectivity index (χ1n) is 9.94. The molecule has 1 aromatic heterocycles. The first-order chi connectivity index (χ1) is 15.3. The maximum absolute atomic E-state index is 12.8. The lowest BCUT2D eigenvalue weighted by molar-refractivity contribution is 0.0997. The lowest BCUT2D eigenvalue weighted by atomic mass is 10.2. The van der Waals surface area contributed by atoms with Crippen LogP contribution in [0.5, 0.6) is 5.75 Å². The zero-order chi connectivity index (χ0) is 23.3. The molecule has 0 fully saturated rings. The number of sulfonamides is 1. The van der Waals surface area contributed by atoms with E-state index in [2.05, 4.69) is 18.2 Å². The molecule has 3 rings (SSSR count). The Hall–Kier alpha value is -3.01. The number of hydrogen-bond acceptors (Lipinski definition) is 5. The smallest absolute Gasteiger partial charge is 0.279 e. The third-order valence-corrected chi connectivity index (χ3v) is 7.69. The van der Waals surface area contributed by atoms with Gasteiger partial charge in [-0.3, -0.25) is 4.79 Å². The van der Waals surface area contributed by atoms with E-state index in [1.807, 2.05) is 29.7 Å². The molecule has 32 heavy (non-hydrogen) atoms. The van der Waals surface area contributed by atoms with Gasteiger partial charge in [-0.2, -0.15) is 9.30 Å². The summed E-state index contributed by atoms with van der Waals surface area (Å²) in [7, 11) is -2.12. The second kappa shape index (κ2) is 10.1. The van der Waals surface area contributed by atoms with Gasteiger partial charge < -0.3 is 9.30 Å². The van der Waals surface area contributed by atoms with E-state index < -0.39 is 15.9 Å². The van der Waals surface area contributed by atoms with E-state index in [9.17, 15) is 13.2 Å². The van der Waals surface area contributed by atoms with Crippen LogP contribution in [0.15, 0.2) is 77.7 Å². The van der Waals surface area contributed by atoms with Crippen LogP contribution in [0.1, 0.15) is 17.3 Å². The molecule has 0 unspecified atom stereocenters. The van der Waals surface area contributed by atoms with E-state index >= 15 is 0 Å². The molecule has 0 bridgehead atoms. The van der Waals surface area contributed by atoms with E-state index in [0.717, 1.165) is 16.0 Å². The lowest BCUT2D eigenvalue weighted by Gasteiger charge is -2.19. The molecule has 168 valence electrons. The Morgan fingerprint density at radius 3 is 2.38 bits per heavy atom. The largest absolute Gasteiger partial charge is 0.497 e. The topological polar surface area (TPSA) is 81.0 Å². The van der Waals surface area contributed by atoms with Gasteiger partial charge in [-0.15, -0.1) is 13.2 Å². The molecular weight excluding hydrogens is 446 g/mol. The zero-order valence-electron chi connectivity index (χ0n) is 18.0. The fourth-order valence-electron chi connectivity index (χ4n) is 3.20. The summed E-state index contributed by atoms with van der Waals surface area (Å²) < 4.78 is 35.1. The molecule has 0 aliphatic rings. The van der Waals surface area contributed by atoms with Crippen LogP contribution in [0.3, 0.4) is 0 Å². The number of amides is 1. The van der Waals surface area contributed by atoms with Crippen LogP contribution >= 0.6 is 11.3 Å². The molecule has 1 amide bonds. The highest BCUT2D eigenvalue weighted by Crippen LogP contribution is 2.23. The number of methoxy groups -OCH3 is 1. The Morgan fingerprint density at radius 1 is 1.16 bits per heavy atom. The van der Waals surface area contributed by atoms with Gasteiger partial charge >= 0.3 is 0 Å². The van der Waals surface area contributed by atoms with Crippen LogP contribution in [0.25, 0.3) is 10.2 Å². The number of ether oxygens (including phenoxy) is 1. The molecular formula is C23H25N3O4S2. The second-order valence-electron chi connectivity index (χ2n) is 6.80. The third-order valence-electron chi connectivity index (χ3n) is 4.81. The fourth-order valence-corrected chi connectivity index (χ4v) is 5.70. The number of aryl methyl sites for hydroxylation is 1. The predicted octanol–water partition coefficient (Wildman–Crippen LogP) is 3.84. The minimum atomic E-state index is -3.73. The highest BCUT2D eigenvalue weighted by molar-refractivity contribution is 7.89. The van der Waals surface area contributed by atoms with Crippen molar-refractivity contribution in [1.29, 1.82) is 0 Å². The average molecular weight is 472 g/mol. The van der Waals surface area contributed by atoms with Gasteiger partial charge in [0.05, 0.1) is 22.2 Å². The van der Waals surface area contributed by atoms with Crippen molar-refractivity contribution in [2.24, 2.45) is 4.99 Å². The van der Waals surface area contributed by atoms with Gasteiger partial charge in [0, 0.05) is 25.2 Å². The Labute approximate surface area is 191 Å². The monoisotopic (exact) mass is 471 g/mol. The van der Waals surface area contributed by atoms with Crippen molar-refractivity contribution in [3.05, 3.63) is 78.1 Å². The number of nitrogens with zero attached hydrogens (tertiary/aromatic N) is 3. The lowest BCUT2D eigenvalue weighted by Crippen LogP contribution is -2.31. The van der Waals surface area contributed by atoms with Crippen LogP contribution < -0.4 is 9.54 Å². The molecule has 0 N–H and O–H groups in total. The quantitative estimate of drug-likeness (QED) is 0.444. The van der Waals surface area contributed by atoms with Crippen molar-refractivity contribution < 1.29 is 17.9 Å². The molecule has 0 radical (unpaired) electrons. The number of aromatic nitrogens is 1. The summed E-state index contributed by atoms with van der Waals surface area (Å²) >= 11 is 1.40. The number of rotatable bonds is 9. The number of carbonyl (C=O) groups is 1. The number of carbonyl (C=O) groups excluding carboxylic acids is 1. The summed E-state index contributed by atoms with van der Waals surface area (Å²) in [4.78, 5) is 17.8. The van der Waals surface area contributed by atoms with Crippen molar-refractivity contribution >= 4 is 37.5 Å². The van der Waals surface area contributed by atoms with Crippen LogP contribution in [0.4, 0.5) is 0 Å². The Balaban J connectivity index is 1.95. The van der Waals surface area contributed by atoms with Crippen LogP contribution in [-0.4, -0.2) is 43.4 Å². The first-order valence-corrected chi connectivity index (χ1v) is 12.2. The van der Waals surface area contributed by atoms with Gasteiger partial charge in [0.15, 0.2) is 4.80 Å². The average Bonchev–Trinajstić information content (AvgIpc) is 3.14. The van der Waals surface area contributed by atoms with Crippen molar-refractivity contribution in [1.82, 2.24) is 8.87 Å². The van der Waals surface area contributed by atoms with E-state index in [1.165, 1.54) is 52.1 Å². The van der Waals surface area contributed by atoms with Gasteiger partial charge in [-0.05, 0) is 49.4 Å². The van der Waals surface area contributed by atoms with Crippen molar-refractivity contribution in [3.63, 3.8) is 0 Å². The summed E-state index contributed by atoms with van der Waals surface area (Å²) in [6.45, 7) is 10.2. The van der Waals surface area contributed by atoms with Crippen molar-refractivity contribution in [3.8, 4) is 5.75 Å². The normalized spacial score (nSPS) is 12.3. The Morgan fingerprint density at radius 2 is 1.81 bits per heavy atom.